The van der Waals surface area contributed by atoms with Crippen LogP contribution in [0.3, 0.4) is 0 Å². The molecule has 1 aromatic rings. The first-order valence-electron chi connectivity index (χ1n) is 5.03. The average Bonchev–Trinajstić information content (AvgIpc) is 2.82. The molecule has 1 saturated heterocycles. The Balaban J connectivity index is 1.68. The van der Waals surface area contributed by atoms with Crippen LogP contribution in [0.2, 0.25) is 4.47 Å². The molecule has 2 fully saturated rings. The van der Waals surface area contributed by atoms with Crippen LogP contribution >= 0.6 is 22.9 Å². The van der Waals surface area contributed by atoms with Crippen LogP contribution in [0.1, 0.15) is 24.3 Å². The third-order valence-electron chi connectivity index (χ3n) is 3.30. The van der Waals surface area contributed by atoms with Crippen molar-refractivity contribution in [1.29, 1.82) is 0 Å². The molecule has 14 heavy (non-hydrogen) atoms. The van der Waals surface area contributed by atoms with Crippen molar-refractivity contribution in [2.75, 3.05) is 6.54 Å². The highest BCUT2D eigenvalue weighted by Crippen LogP contribution is 2.38. The number of aromatic nitrogens is 2. The molecule has 0 radical (unpaired) electrons. The van der Waals surface area contributed by atoms with Gasteiger partial charge in [-0.05, 0) is 36.8 Å². The Morgan fingerprint density at radius 3 is 2.93 bits per heavy atom. The zero-order chi connectivity index (χ0) is 9.54. The number of hydrogen-bond donors (Lipinski definition) is 0. The Hall–Kier alpha value is -0.190. The normalized spacial score (nSPS) is 31.5. The lowest BCUT2D eigenvalue weighted by atomic mass is 10.1. The number of halogens is 1. The van der Waals surface area contributed by atoms with Crippen LogP contribution < -0.4 is 0 Å². The fraction of sp³-hybridized carbons (Fsp3) is 0.778. The maximum atomic E-state index is 5.75. The molecule has 1 aliphatic heterocycles. The molecule has 2 heterocycles. The third kappa shape index (κ3) is 1.55. The lowest BCUT2D eigenvalue weighted by Crippen LogP contribution is -2.31. The van der Waals surface area contributed by atoms with Crippen LogP contribution in [0.4, 0.5) is 0 Å². The van der Waals surface area contributed by atoms with Crippen molar-refractivity contribution in [1.82, 2.24) is 15.1 Å². The zero-order valence-corrected chi connectivity index (χ0v) is 9.39. The standard InChI is InChI=1S/C9H12ClN3S/c10-9-12-11-8(14-9)5-13-4-6-1-2-7(13)3-6/h6-7H,1-5H2. The minimum Gasteiger partial charge on any atom is -0.293 e. The summed E-state index contributed by atoms with van der Waals surface area (Å²) in [4.78, 5) is 2.53. The SMILES string of the molecule is Clc1nnc(CN2CC3CCC2C3)s1. The quantitative estimate of drug-likeness (QED) is 0.779. The van der Waals surface area contributed by atoms with E-state index in [1.807, 2.05) is 0 Å². The highest BCUT2D eigenvalue weighted by molar-refractivity contribution is 7.15. The first-order chi connectivity index (χ1) is 6.81. The summed E-state index contributed by atoms with van der Waals surface area (Å²) in [5, 5.41) is 8.94. The van der Waals surface area contributed by atoms with Crippen molar-refractivity contribution in [3.8, 4) is 0 Å². The molecule has 1 aromatic heterocycles. The average molecular weight is 230 g/mol. The summed E-state index contributed by atoms with van der Waals surface area (Å²) in [6.45, 7) is 2.20. The van der Waals surface area contributed by atoms with Gasteiger partial charge in [-0.15, -0.1) is 10.2 Å². The summed E-state index contributed by atoms with van der Waals surface area (Å²) in [6.07, 6.45) is 4.20. The molecule has 3 rings (SSSR count). The predicted molar refractivity (Wildman–Crippen MR) is 56.5 cm³/mol. The Bertz CT molecular complexity index is 341. The van der Waals surface area contributed by atoms with Gasteiger partial charge in [-0.2, -0.15) is 0 Å². The number of likely N-dealkylation sites (tertiary alicyclic amines) is 1. The smallest absolute Gasteiger partial charge is 0.207 e. The summed E-state index contributed by atoms with van der Waals surface area (Å²) < 4.78 is 0.560. The van der Waals surface area contributed by atoms with Gasteiger partial charge in [0.05, 0.1) is 6.54 Å². The van der Waals surface area contributed by atoms with E-state index in [4.69, 9.17) is 11.6 Å². The molecular weight excluding hydrogens is 218 g/mol. The van der Waals surface area contributed by atoms with E-state index in [0.717, 1.165) is 23.5 Å². The molecule has 0 amide bonds. The van der Waals surface area contributed by atoms with E-state index >= 15 is 0 Å². The van der Waals surface area contributed by atoms with Crippen LogP contribution in [-0.2, 0) is 6.54 Å². The van der Waals surface area contributed by atoms with Gasteiger partial charge in [0.2, 0.25) is 4.47 Å². The van der Waals surface area contributed by atoms with Crippen LogP contribution in [-0.4, -0.2) is 27.7 Å². The van der Waals surface area contributed by atoms with E-state index in [9.17, 15) is 0 Å². The molecule has 76 valence electrons. The van der Waals surface area contributed by atoms with Crippen molar-refractivity contribution in [3.05, 3.63) is 9.47 Å². The Labute approximate surface area is 92.1 Å². The maximum absolute atomic E-state index is 5.75. The second kappa shape index (κ2) is 3.43. The van der Waals surface area contributed by atoms with Gasteiger partial charge in [0.25, 0.3) is 0 Å². The molecule has 2 aliphatic rings. The van der Waals surface area contributed by atoms with Gasteiger partial charge in [-0.1, -0.05) is 11.3 Å². The van der Waals surface area contributed by atoms with Crippen molar-refractivity contribution in [2.45, 2.75) is 31.8 Å². The molecule has 0 spiro atoms. The second-order valence-corrected chi connectivity index (χ2v) is 5.86. The van der Waals surface area contributed by atoms with E-state index in [1.165, 1.54) is 37.1 Å². The molecule has 1 aliphatic carbocycles. The highest BCUT2D eigenvalue weighted by Gasteiger charge is 2.37. The highest BCUT2D eigenvalue weighted by atomic mass is 35.5. The minimum atomic E-state index is 0.560. The summed E-state index contributed by atoms with van der Waals surface area (Å²) in [5.41, 5.74) is 0. The monoisotopic (exact) mass is 229 g/mol. The molecule has 2 atom stereocenters. The molecule has 5 heteroatoms. The van der Waals surface area contributed by atoms with Crippen LogP contribution in [0.25, 0.3) is 0 Å². The fourth-order valence-corrected chi connectivity index (χ4v) is 3.58. The van der Waals surface area contributed by atoms with Crippen molar-refractivity contribution in [2.24, 2.45) is 5.92 Å². The van der Waals surface area contributed by atoms with Gasteiger partial charge >= 0.3 is 0 Å². The van der Waals surface area contributed by atoms with Gasteiger partial charge in [0.15, 0.2) is 0 Å². The van der Waals surface area contributed by atoms with Gasteiger partial charge in [-0.3, -0.25) is 4.90 Å². The van der Waals surface area contributed by atoms with Gasteiger partial charge in [0, 0.05) is 12.6 Å². The van der Waals surface area contributed by atoms with E-state index in [1.54, 1.807) is 0 Å². The Morgan fingerprint density at radius 2 is 2.36 bits per heavy atom. The molecule has 2 bridgehead atoms. The number of nitrogens with zero attached hydrogens (tertiary/aromatic N) is 3. The van der Waals surface area contributed by atoms with Crippen molar-refractivity contribution >= 4 is 22.9 Å². The number of piperidine rings is 1. The third-order valence-corrected chi connectivity index (χ3v) is 4.31. The van der Waals surface area contributed by atoms with E-state index < -0.39 is 0 Å². The largest absolute Gasteiger partial charge is 0.293 e. The summed E-state index contributed by atoms with van der Waals surface area (Å²) in [5.74, 6) is 0.948. The van der Waals surface area contributed by atoms with Crippen molar-refractivity contribution < 1.29 is 0 Å². The van der Waals surface area contributed by atoms with Gasteiger partial charge < -0.3 is 0 Å². The molecule has 0 aromatic carbocycles. The lowest BCUT2D eigenvalue weighted by Gasteiger charge is -2.25. The predicted octanol–water partition coefficient (Wildman–Crippen LogP) is 2.18. The molecule has 3 nitrogen and oxygen atoms in total. The number of fused-ring (bicyclic) bond motifs is 2. The maximum Gasteiger partial charge on any atom is 0.207 e. The van der Waals surface area contributed by atoms with E-state index in [2.05, 4.69) is 15.1 Å². The summed E-state index contributed by atoms with van der Waals surface area (Å²) in [6, 6.07) is 0.808. The number of hydrogen-bond acceptors (Lipinski definition) is 4. The summed E-state index contributed by atoms with van der Waals surface area (Å²) >= 11 is 7.25. The minimum absolute atomic E-state index is 0.560. The summed E-state index contributed by atoms with van der Waals surface area (Å²) in [7, 11) is 0. The van der Waals surface area contributed by atoms with Crippen LogP contribution in [0, 0.1) is 5.92 Å². The topological polar surface area (TPSA) is 29.0 Å². The van der Waals surface area contributed by atoms with Crippen molar-refractivity contribution in [3.63, 3.8) is 0 Å². The molecule has 1 saturated carbocycles. The first-order valence-corrected chi connectivity index (χ1v) is 6.22. The molecular formula is C9H12ClN3S. The second-order valence-electron chi connectivity index (χ2n) is 4.21. The Kier molecular flexibility index (Phi) is 2.22. The van der Waals surface area contributed by atoms with Gasteiger partial charge in [0.1, 0.15) is 5.01 Å². The van der Waals surface area contributed by atoms with E-state index in [-0.39, 0.29) is 0 Å². The van der Waals surface area contributed by atoms with Gasteiger partial charge in [-0.25, -0.2) is 0 Å². The molecule has 0 N–H and O–H groups in total. The zero-order valence-electron chi connectivity index (χ0n) is 7.82. The Morgan fingerprint density at radius 1 is 1.43 bits per heavy atom. The van der Waals surface area contributed by atoms with Crippen LogP contribution in [0.5, 0.6) is 0 Å². The molecule has 2 unspecified atom stereocenters. The van der Waals surface area contributed by atoms with E-state index in [0.29, 0.717) is 4.47 Å². The van der Waals surface area contributed by atoms with Crippen LogP contribution in [0.15, 0.2) is 0 Å². The number of rotatable bonds is 2. The first kappa shape index (κ1) is 9.07. The lowest BCUT2D eigenvalue weighted by molar-refractivity contribution is 0.204. The fourth-order valence-electron chi connectivity index (χ4n) is 2.69.